The highest BCUT2D eigenvalue weighted by molar-refractivity contribution is 7.91. The number of terminal acetylenes is 3. The third-order valence-corrected chi connectivity index (χ3v) is 17.2. The molecule has 1 aromatic carbocycles. The van der Waals surface area contributed by atoms with Crippen molar-refractivity contribution in [2.75, 3.05) is 60.2 Å². The van der Waals surface area contributed by atoms with Crippen molar-refractivity contribution in [2.24, 2.45) is 34.7 Å². The van der Waals surface area contributed by atoms with Crippen LogP contribution in [-0.4, -0.2) is 178 Å². The lowest BCUT2D eigenvalue weighted by molar-refractivity contribution is -0.240. The molecule has 0 radical (unpaired) electrons. The SMILES string of the molecule is C#C.C#C.C#C.CC.CC[C@H]1OC(=O)[C@H](C)[C@@H](O[C@H]2C[C@H](C)C[C@H](C)O2)[C@H](C)C[C@](C)(OC)C[C@@H](C)/C(=N/OC)[C@H](C)[C@@H](O)[C@@H]1O.CO.CO[C@H](c1ccc(C2CCS(=O)(=O)C2)cc1)[C@@H](CF)NC(=O)CCN(C)[C@H]1C[C@@H](C)O[C@@H](O)C1. The second-order valence-electron chi connectivity index (χ2n) is 21.6. The Morgan fingerprint density at radius 1 is 0.878 bits per heavy atom. The zero-order chi connectivity index (χ0) is 63.7. The zero-order valence-electron chi connectivity index (χ0n) is 52.2. The summed E-state index contributed by atoms with van der Waals surface area (Å²) in [5.41, 5.74) is 1.70. The van der Waals surface area contributed by atoms with Gasteiger partial charge in [0.1, 0.15) is 32.1 Å². The van der Waals surface area contributed by atoms with Crippen molar-refractivity contribution in [1.29, 1.82) is 0 Å². The number of oxime groups is 1. The number of nitrogens with zero attached hydrogens (tertiary/aromatic N) is 2. The summed E-state index contributed by atoms with van der Waals surface area (Å²) in [5.74, 6) is -1.30. The molecule has 82 heavy (non-hydrogen) atoms. The van der Waals surface area contributed by atoms with Gasteiger partial charge in [0.25, 0.3) is 0 Å². The first-order valence-corrected chi connectivity index (χ1v) is 30.4. The second-order valence-corrected chi connectivity index (χ2v) is 23.9. The van der Waals surface area contributed by atoms with Gasteiger partial charge in [0.2, 0.25) is 5.91 Å². The molecule has 20 heteroatoms. The summed E-state index contributed by atoms with van der Waals surface area (Å²) in [6.07, 6.45) is 23.6. The minimum absolute atomic E-state index is 0.0199. The van der Waals surface area contributed by atoms with Crippen molar-refractivity contribution in [3.63, 3.8) is 0 Å². The van der Waals surface area contributed by atoms with E-state index in [1.54, 1.807) is 21.0 Å². The maximum absolute atomic E-state index is 13.9. The number of hydrogen-bond donors (Lipinski definition) is 5. The van der Waals surface area contributed by atoms with Gasteiger partial charge in [0.15, 0.2) is 22.4 Å². The number of carbonyl (C=O) groups excluding carboxylic acids is 2. The van der Waals surface area contributed by atoms with Crippen molar-refractivity contribution in [1.82, 2.24) is 10.2 Å². The van der Waals surface area contributed by atoms with Crippen LogP contribution in [0.15, 0.2) is 29.4 Å². The van der Waals surface area contributed by atoms with Gasteiger partial charge in [-0.05, 0) is 102 Å². The molecule has 4 heterocycles. The highest BCUT2D eigenvalue weighted by Crippen LogP contribution is 2.37. The number of nitrogens with one attached hydrogen (secondary N) is 1. The Kier molecular flexibility index (Phi) is 40.7. The van der Waals surface area contributed by atoms with E-state index in [-0.39, 0.29) is 59.8 Å². The third kappa shape index (κ3) is 26.0. The van der Waals surface area contributed by atoms with Gasteiger partial charge < -0.3 is 63.9 Å². The van der Waals surface area contributed by atoms with Gasteiger partial charge in [0.05, 0.1) is 59.2 Å². The van der Waals surface area contributed by atoms with Crippen LogP contribution in [-0.2, 0) is 52.7 Å². The molecule has 0 saturated carbocycles. The quantitative estimate of drug-likeness (QED) is 0.0644. The number of methoxy groups -OCH3 is 2. The van der Waals surface area contributed by atoms with E-state index in [1.807, 2.05) is 84.7 Å². The molecule has 18 atom stereocenters. The van der Waals surface area contributed by atoms with Gasteiger partial charge in [-0.2, -0.15) is 0 Å². The highest BCUT2D eigenvalue weighted by atomic mass is 32.2. The molecule has 18 nitrogen and oxygen atoms in total. The Morgan fingerprint density at radius 2 is 1.46 bits per heavy atom. The number of carbonyl (C=O) groups is 2. The number of sulfone groups is 1. The first kappa shape index (κ1) is 79.9. The van der Waals surface area contributed by atoms with Crippen molar-refractivity contribution in [3.05, 3.63) is 35.4 Å². The van der Waals surface area contributed by atoms with Crippen LogP contribution < -0.4 is 5.32 Å². The number of ether oxygens (including phenoxy) is 6. The lowest BCUT2D eigenvalue weighted by Crippen LogP contribution is -2.49. The van der Waals surface area contributed by atoms with E-state index in [0.717, 1.165) is 37.5 Å². The van der Waals surface area contributed by atoms with Crippen LogP contribution in [0.5, 0.6) is 0 Å². The number of amides is 1. The van der Waals surface area contributed by atoms with Crippen molar-refractivity contribution >= 4 is 27.4 Å². The molecular weight excluding hydrogens is 1080 g/mol. The number of hydrogen-bond acceptors (Lipinski definition) is 17. The lowest BCUT2D eigenvalue weighted by Gasteiger charge is -2.41. The number of esters is 1. The molecule has 1 amide bonds. The number of aliphatic hydroxyl groups excluding tert-OH is 4. The molecular formula is C62H106FN3O15S. The van der Waals surface area contributed by atoms with E-state index in [9.17, 15) is 37.7 Å². The number of aliphatic hydroxyl groups is 4. The van der Waals surface area contributed by atoms with Crippen LogP contribution in [0.2, 0.25) is 0 Å². The van der Waals surface area contributed by atoms with Gasteiger partial charge in [-0.15, -0.1) is 38.5 Å². The maximum atomic E-state index is 13.9. The fourth-order valence-electron chi connectivity index (χ4n) is 11.3. The predicted molar refractivity (Wildman–Crippen MR) is 322 cm³/mol. The molecule has 5 N–H and O–H groups in total. The predicted octanol–water partition coefficient (Wildman–Crippen LogP) is 7.64. The number of halogens is 1. The van der Waals surface area contributed by atoms with Gasteiger partial charge in [-0.25, -0.2) is 12.8 Å². The van der Waals surface area contributed by atoms with Crippen LogP contribution in [0.4, 0.5) is 4.39 Å². The Morgan fingerprint density at radius 3 is 1.95 bits per heavy atom. The summed E-state index contributed by atoms with van der Waals surface area (Å²) < 4.78 is 72.9. The van der Waals surface area contributed by atoms with E-state index in [2.05, 4.69) is 62.9 Å². The van der Waals surface area contributed by atoms with Gasteiger partial charge >= 0.3 is 5.97 Å². The summed E-state index contributed by atoms with van der Waals surface area (Å²) in [4.78, 5) is 33.2. The molecule has 5 rings (SSSR count). The van der Waals surface area contributed by atoms with Crippen LogP contribution in [0.25, 0.3) is 0 Å². The van der Waals surface area contributed by atoms with Gasteiger partial charge in [-0.3, -0.25) is 9.59 Å². The first-order chi connectivity index (χ1) is 38.9. The Bertz CT molecular complexity index is 2080. The molecule has 0 aliphatic carbocycles. The third-order valence-electron chi connectivity index (χ3n) is 15.4. The number of alkyl halides is 1. The standard InChI is InChI=1S/C29H53NO8.C24H37FN2O6S.C2H6.3C2H2.CH4O/c1-11-22-26(32)25(31)20(6)24(30-35-10)17(3)14-29(8,34-9)15-18(4)27(21(7)28(33)37-22)38-23-13-16(2)12-19(5)36-23;1-16-12-20(13-23(29)33-16)27(2)10-8-22(28)26-21(14-25)24(32-3)18-6-4-17(5-7-18)19-9-11-34(30,31)15-19;5*1-2/h16-23,25-27,31-32H,11-15H2,1-10H3;4-7,16,19-21,23-24,29H,8-15H2,1-3H3,(H,26,28);1-2H3;3*1-2H;2H,1H3/b30-24-;;;;;;/t16-,17-,18-,19+,20+,21-,22-,23+,25-,26-,27+,29-;16-,19?,20+,21-,23-,24-;;;;;/m11...../s1. The molecule has 4 fully saturated rings. The largest absolute Gasteiger partial charge is 0.459 e. The number of benzene rings is 1. The Labute approximate surface area is 493 Å². The molecule has 4 aliphatic heterocycles. The summed E-state index contributed by atoms with van der Waals surface area (Å²) in [7, 11) is 4.56. The monoisotopic (exact) mass is 1180 g/mol. The van der Waals surface area contributed by atoms with E-state index >= 15 is 0 Å². The minimum Gasteiger partial charge on any atom is -0.459 e. The van der Waals surface area contributed by atoms with Gasteiger partial charge in [0, 0.05) is 65.0 Å². The maximum Gasteiger partial charge on any atom is 0.311 e. The van der Waals surface area contributed by atoms with Crippen LogP contribution in [0.1, 0.15) is 157 Å². The van der Waals surface area contributed by atoms with Crippen molar-refractivity contribution in [3.8, 4) is 38.5 Å². The van der Waals surface area contributed by atoms with Crippen molar-refractivity contribution in [2.45, 2.75) is 213 Å². The van der Waals surface area contributed by atoms with Crippen LogP contribution >= 0.6 is 0 Å². The zero-order valence-corrected chi connectivity index (χ0v) is 53.1. The summed E-state index contributed by atoms with van der Waals surface area (Å²) in [6.45, 7) is 21.4. The Hall–Kier alpha value is -4.21. The molecule has 0 spiro atoms. The molecule has 472 valence electrons. The summed E-state index contributed by atoms with van der Waals surface area (Å²) in [5, 5.41) is 46.0. The van der Waals surface area contributed by atoms with E-state index in [1.165, 1.54) is 14.2 Å². The smallest absolute Gasteiger partial charge is 0.311 e. The van der Waals surface area contributed by atoms with E-state index in [0.29, 0.717) is 50.3 Å². The Balaban J connectivity index is 0. The van der Waals surface area contributed by atoms with Crippen LogP contribution in [0, 0.1) is 68.1 Å². The normalized spacial score (nSPS) is 33.0. The fourth-order valence-corrected chi connectivity index (χ4v) is 13.1. The fraction of sp³-hybridized carbons (Fsp3) is 0.758. The number of rotatable bonds is 15. The van der Waals surface area contributed by atoms with E-state index < -0.39 is 89.1 Å². The van der Waals surface area contributed by atoms with Crippen LogP contribution in [0.3, 0.4) is 0 Å². The average molecular weight is 1180 g/mol. The summed E-state index contributed by atoms with van der Waals surface area (Å²) >= 11 is 0. The van der Waals surface area contributed by atoms with E-state index in [4.69, 9.17) is 38.4 Å². The van der Waals surface area contributed by atoms with Gasteiger partial charge in [-0.1, -0.05) is 77.9 Å². The average Bonchev–Trinajstić information content (AvgIpc) is 3.84. The molecule has 0 bridgehead atoms. The highest BCUT2D eigenvalue weighted by Gasteiger charge is 2.44. The molecule has 4 aliphatic rings. The number of cyclic esters (lactones) is 1. The summed E-state index contributed by atoms with van der Waals surface area (Å²) in [6, 6.07) is 6.63. The minimum atomic E-state index is -2.97. The molecule has 1 aromatic rings. The molecule has 0 aromatic heterocycles. The second kappa shape index (κ2) is 41.7. The van der Waals surface area contributed by atoms with Crippen molar-refractivity contribution < 1.29 is 76.1 Å². The topological polar surface area (TPSA) is 241 Å². The lowest BCUT2D eigenvalue weighted by atomic mass is 9.77. The molecule has 1 unspecified atom stereocenters. The molecule has 4 saturated heterocycles. The first-order valence-electron chi connectivity index (χ1n) is 28.6.